The highest BCUT2D eigenvalue weighted by Crippen LogP contribution is 2.28. The van der Waals surface area contributed by atoms with E-state index in [1.165, 1.54) is 6.07 Å². The van der Waals surface area contributed by atoms with E-state index in [-0.39, 0.29) is 11.7 Å². The highest BCUT2D eigenvalue weighted by Gasteiger charge is 2.24. The molecule has 0 saturated carbocycles. The molecule has 2 heterocycles. The fourth-order valence-corrected chi connectivity index (χ4v) is 2.76. The predicted octanol–water partition coefficient (Wildman–Crippen LogP) is 2.46. The first-order valence-corrected chi connectivity index (χ1v) is 7.06. The Morgan fingerprint density at radius 3 is 3.00 bits per heavy atom. The van der Waals surface area contributed by atoms with Gasteiger partial charge in [0, 0.05) is 12.2 Å². The number of ether oxygens (including phenoxy) is 1. The lowest BCUT2D eigenvalue weighted by Crippen LogP contribution is -2.26. The molecule has 1 aromatic carbocycles. The third-order valence-electron chi connectivity index (χ3n) is 2.98. The molecule has 1 aliphatic rings. The Bertz CT molecular complexity index is 626. The average molecular weight is 293 g/mol. The van der Waals surface area contributed by atoms with Gasteiger partial charge in [-0.1, -0.05) is 23.5 Å². The summed E-state index contributed by atoms with van der Waals surface area (Å²) in [7, 11) is 0. The van der Waals surface area contributed by atoms with Crippen LogP contribution in [0.25, 0.3) is 10.6 Å². The Balaban J connectivity index is 1.74. The summed E-state index contributed by atoms with van der Waals surface area (Å²) in [4.78, 5) is 11.9. The topological polar surface area (TPSA) is 64.1 Å². The Morgan fingerprint density at radius 1 is 1.40 bits per heavy atom. The molecular formula is C13H12FN3O2S. The molecule has 20 heavy (non-hydrogen) atoms. The van der Waals surface area contributed by atoms with E-state index in [2.05, 4.69) is 15.5 Å². The van der Waals surface area contributed by atoms with Gasteiger partial charge in [0.1, 0.15) is 11.9 Å². The van der Waals surface area contributed by atoms with Crippen molar-refractivity contribution in [2.45, 2.75) is 18.9 Å². The van der Waals surface area contributed by atoms with Gasteiger partial charge >= 0.3 is 0 Å². The Morgan fingerprint density at radius 2 is 2.25 bits per heavy atom. The summed E-state index contributed by atoms with van der Waals surface area (Å²) in [6.45, 7) is 0.606. The van der Waals surface area contributed by atoms with Gasteiger partial charge in [-0.05, 0) is 25.0 Å². The molecule has 0 aliphatic carbocycles. The molecule has 7 heteroatoms. The second-order valence-corrected chi connectivity index (χ2v) is 5.36. The maximum absolute atomic E-state index is 13.6. The van der Waals surface area contributed by atoms with Crippen LogP contribution in [0.2, 0.25) is 0 Å². The molecule has 1 atom stereocenters. The van der Waals surface area contributed by atoms with Crippen molar-refractivity contribution in [1.29, 1.82) is 0 Å². The molecule has 1 amide bonds. The summed E-state index contributed by atoms with van der Waals surface area (Å²) in [5.74, 6) is -0.584. The molecule has 1 aromatic heterocycles. The van der Waals surface area contributed by atoms with Crippen LogP contribution in [0.3, 0.4) is 0 Å². The van der Waals surface area contributed by atoms with Crippen LogP contribution in [-0.4, -0.2) is 28.8 Å². The standard InChI is InChI=1S/C13H12FN3O2S/c14-9-5-2-1-4-8(9)12-16-17-13(20-12)15-11(18)10-6-3-7-19-10/h1-2,4-5,10H,3,6-7H2,(H,15,17,18)/t10-/m1/s1. The Labute approximate surface area is 118 Å². The Kier molecular flexibility index (Phi) is 3.70. The monoisotopic (exact) mass is 293 g/mol. The van der Waals surface area contributed by atoms with Crippen LogP contribution in [0.1, 0.15) is 12.8 Å². The summed E-state index contributed by atoms with van der Waals surface area (Å²) in [6, 6.07) is 6.33. The fourth-order valence-electron chi connectivity index (χ4n) is 1.99. The quantitative estimate of drug-likeness (QED) is 0.944. The van der Waals surface area contributed by atoms with E-state index in [0.717, 1.165) is 17.8 Å². The third kappa shape index (κ3) is 2.68. The average Bonchev–Trinajstić information content (AvgIpc) is 3.10. The van der Waals surface area contributed by atoms with Gasteiger partial charge in [-0.15, -0.1) is 10.2 Å². The number of benzene rings is 1. The first kappa shape index (κ1) is 13.1. The van der Waals surface area contributed by atoms with Gasteiger partial charge in [-0.25, -0.2) is 4.39 Å². The zero-order valence-electron chi connectivity index (χ0n) is 10.5. The first-order chi connectivity index (χ1) is 9.74. The number of nitrogens with zero attached hydrogens (tertiary/aromatic N) is 2. The van der Waals surface area contributed by atoms with E-state index in [1.54, 1.807) is 18.2 Å². The number of anilines is 1. The van der Waals surface area contributed by atoms with Gasteiger partial charge in [0.2, 0.25) is 5.13 Å². The van der Waals surface area contributed by atoms with Crippen molar-refractivity contribution >= 4 is 22.4 Å². The molecule has 5 nitrogen and oxygen atoms in total. The maximum atomic E-state index is 13.6. The zero-order chi connectivity index (χ0) is 13.9. The van der Waals surface area contributed by atoms with Crippen molar-refractivity contribution in [3.8, 4) is 10.6 Å². The van der Waals surface area contributed by atoms with E-state index in [9.17, 15) is 9.18 Å². The number of aromatic nitrogens is 2. The second kappa shape index (κ2) is 5.64. The molecular weight excluding hydrogens is 281 g/mol. The highest BCUT2D eigenvalue weighted by atomic mass is 32.1. The molecule has 0 unspecified atom stereocenters. The molecule has 0 radical (unpaired) electrons. The highest BCUT2D eigenvalue weighted by molar-refractivity contribution is 7.18. The molecule has 1 saturated heterocycles. The van der Waals surface area contributed by atoms with Crippen molar-refractivity contribution in [2.24, 2.45) is 0 Å². The van der Waals surface area contributed by atoms with Gasteiger partial charge in [0.05, 0.1) is 0 Å². The number of carbonyl (C=O) groups excluding carboxylic acids is 1. The molecule has 1 fully saturated rings. The zero-order valence-corrected chi connectivity index (χ0v) is 11.3. The minimum Gasteiger partial charge on any atom is -0.368 e. The maximum Gasteiger partial charge on any atom is 0.255 e. The van der Waals surface area contributed by atoms with Crippen LogP contribution < -0.4 is 5.32 Å². The smallest absolute Gasteiger partial charge is 0.255 e. The van der Waals surface area contributed by atoms with Crippen LogP contribution in [-0.2, 0) is 9.53 Å². The first-order valence-electron chi connectivity index (χ1n) is 6.25. The van der Waals surface area contributed by atoms with Crippen molar-refractivity contribution in [3.63, 3.8) is 0 Å². The van der Waals surface area contributed by atoms with Gasteiger partial charge in [0.25, 0.3) is 5.91 Å². The van der Waals surface area contributed by atoms with Crippen LogP contribution in [0.4, 0.5) is 9.52 Å². The van der Waals surface area contributed by atoms with Crippen LogP contribution >= 0.6 is 11.3 Å². The molecule has 3 rings (SSSR count). The van der Waals surface area contributed by atoms with Gasteiger partial charge < -0.3 is 4.74 Å². The van der Waals surface area contributed by atoms with Crippen molar-refractivity contribution in [2.75, 3.05) is 11.9 Å². The molecule has 2 aromatic rings. The van der Waals surface area contributed by atoms with Crippen molar-refractivity contribution in [1.82, 2.24) is 10.2 Å². The summed E-state index contributed by atoms with van der Waals surface area (Å²) >= 11 is 1.14. The lowest BCUT2D eigenvalue weighted by atomic mass is 10.2. The minimum absolute atomic E-state index is 0.223. The fraction of sp³-hybridized carbons (Fsp3) is 0.308. The van der Waals surface area contributed by atoms with Crippen molar-refractivity contribution in [3.05, 3.63) is 30.1 Å². The van der Waals surface area contributed by atoms with Crippen LogP contribution in [0, 0.1) is 5.82 Å². The number of nitrogens with one attached hydrogen (secondary N) is 1. The SMILES string of the molecule is O=C(Nc1nnc(-c2ccccc2F)s1)[C@H]1CCCO1. The Hall–Kier alpha value is -1.86. The van der Waals surface area contributed by atoms with E-state index in [1.807, 2.05) is 0 Å². The lowest BCUT2D eigenvalue weighted by Gasteiger charge is -2.06. The number of hydrogen-bond acceptors (Lipinski definition) is 5. The van der Waals surface area contributed by atoms with Gasteiger partial charge in [-0.2, -0.15) is 0 Å². The molecule has 0 spiro atoms. The van der Waals surface area contributed by atoms with E-state index in [4.69, 9.17) is 4.74 Å². The van der Waals surface area contributed by atoms with Gasteiger partial charge in [0.15, 0.2) is 5.01 Å². The summed E-state index contributed by atoms with van der Waals surface area (Å²) in [5.41, 5.74) is 0.377. The van der Waals surface area contributed by atoms with Crippen molar-refractivity contribution < 1.29 is 13.9 Å². The van der Waals surface area contributed by atoms with E-state index in [0.29, 0.717) is 28.7 Å². The molecule has 1 N–H and O–H groups in total. The van der Waals surface area contributed by atoms with Crippen LogP contribution in [0.15, 0.2) is 24.3 Å². The largest absolute Gasteiger partial charge is 0.368 e. The number of amides is 1. The predicted molar refractivity (Wildman–Crippen MR) is 72.9 cm³/mol. The van der Waals surface area contributed by atoms with Gasteiger partial charge in [-0.3, -0.25) is 10.1 Å². The van der Waals surface area contributed by atoms with E-state index < -0.39 is 6.10 Å². The molecule has 104 valence electrons. The third-order valence-corrected chi connectivity index (χ3v) is 3.85. The normalized spacial score (nSPS) is 18.1. The van der Waals surface area contributed by atoms with E-state index >= 15 is 0 Å². The minimum atomic E-state index is -0.421. The summed E-state index contributed by atoms with van der Waals surface area (Å²) in [6.07, 6.45) is 1.18. The second-order valence-electron chi connectivity index (χ2n) is 4.38. The summed E-state index contributed by atoms with van der Waals surface area (Å²) < 4.78 is 18.9. The number of hydrogen-bond donors (Lipinski definition) is 1. The number of rotatable bonds is 3. The number of halogens is 1. The molecule has 0 bridgehead atoms. The van der Waals surface area contributed by atoms with Crippen LogP contribution in [0.5, 0.6) is 0 Å². The summed E-state index contributed by atoms with van der Waals surface area (Å²) in [5, 5.41) is 11.2. The lowest BCUT2D eigenvalue weighted by molar-refractivity contribution is -0.124. The molecule has 1 aliphatic heterocycles. The number of carbonyl (C=O) groups is 1.